The highest BCUT2D eigenvalue weighted by atomic mass is 35.5. The summed E-state index contributed by atoms with van der Waals surface area (Å²) in [5, 5.41) is 8.35. The van der Waals surface area contributed by atoms with Gasteiger partial charge in [-0.15, -0.1) is 11.3 Å². The van der Waals surface area contributed by atoms with Crippen molar-refractivity contribution in [1.82, 2.24) is 9.55 Å². The summed E-state index contributed by atoms with van der Waals surface area (Å²) in [7, 11) is 0. The van der Waals surface area contributed by atoms with E-state index >= 15 is 0 Å². The lowest BCUT2D eigenvalue weighted by Crippen LogP contribution is -2.27. The van der Waals surface area contributed by atoms with Crippen LogP contribution in [-0.4, -0.2) is 21.4 Å². The van der Waals surface area contributed by atoms with E-state index in [0.717, 1.165) is 11.1 Å². The number of nitrogens with zero attached hydrogens (tertiary/aromatic N) is 2. The van der Waals surface area contributed by atoms with Gasteiger partial charge in [0.05, 0.1) is 11.7 Å². The predicted octanol–water partition coefficient (Wildman–Crippen LogP) is 4.38. The average Bonchev–Trinajstić information content (AvgIpc) is 3.15. The van der Waals surface area contributed by atoms with Gasteiger partial charge in [0.15, 0.2) is 0 Å². The minimum Gasteiger partial charge on any atom is -0.326 e. The SMILES string of the molecule is CC(=O)Nc1cccc(NC(=O)Cn2cnc3scc(-c4ccc(Cl)cc4)c3c2=O)c1. The zero-order valence-corrected chi connectivity index (χ0v) is 18.0. The number of benzene rings is 2. The molecule has 2 heterocycles. The number of carbonyl (C=O) groups excluding carboxylic acids is 2. The van der Waals surface area contributed by atoms with Crippen LogP contribution in [0.4, 0.5) is 11.4 Å². The number of amides is 2. The number of aromatic nitrogens is 2. The lowest BCUT2D eigenvalue weighted by Gasteiger charge is -2.09. The number of nitrogens with one attached hydrogen (secondary N) is 2. The molecule has 7 nitrogen and oxygen atoms in total. The maximum Gasteiger partial charge on any atom is 0.263 e. The molecule has 0 atom stereocenters. The molecule has 0 radical (unpaired) electrons. The number of carbonyl (C=O) groups is 2. The fourth-order valence-electron chi connectivity index (χ4n) is 3.16. The number of rotatable bonds is 5. The van der Waals surface area contributed by atoms with Gasteiger partial charge in [0.1, 0.15) is 11.4 Å². The molecule has 0 fully saturated rings. The van der Waals surface area contributed by atoms with Crippen molar-refractivity contribution in [2.75, 3.05) is 10.6 Å². The van der Waals surface area contributed by atoms with Crippen molar-refractivity contribution in [3.63, 3.8) is 0 Å². The molecule has 156 valence electrons. The quantitative estimate of drug-likeness (QED) is 0.470. The first kappa shape index (κ1) is 20.8. The summed E-state index contributed by atoms with van der Waals surface area (Å²) in [5.74, 6) is -0.590. The van der Waals surface area contributed by atoms with E-state index in [1.807, 2.05) is 17.5 Å². The summed E-state index contributed by atoms with van der Waals surface area (Å²) in [5.41, 5.74) is 2.39. The summed E-state index contributed by atoms with van der Waals surface area (Å²) in [6.45, 7) is 1.21. The average molecular weight is 453 g/mol. The third kappa shape index (κ3) is 4.65. The van der Waals surface area contributed by atoms with Crippen LogP contribution in [0.2, 0.25) is 5.02 Å². The molecule has 4 aromatic rings. The summed E-state index contributed by atoms with van der Waals surface area (Å²) in [6, 6.07) is 14.0. The van der Waals surface area contributed by atoms with Crippen molar-refractivity contribution in [2.45, 2.75) is 13.5 Å². The van der Waals surface area contributed by atoms with E-state index in [2.05, 4.69) is 15.6 Å². The summed E-state index contributed by atoms with van der Waals surface area (Å²) >= 11 is 7.34. The molecule has 2 N–H and O–H groups in total. The minimum absolute atomic E-state index is 0.192. The Morgan fingerprint density at radius 1 is 1.10 bits per heavy atom. The summed E-state index contributed by atoms with van der Waals surface area (Å²) < 4.78 is 1.28. The van der Waals surface area contributed by atoms with Gasteiger partial charge in [-0.3, -0.25) is 19.0 Å². The number of hydrogen-bond donors (Lipinski definition) is 2. The first-order chi connectivity index (χ1) is 14.9. The first-order valence-electron chi connectivity index (χ1n) is 9.31. The minimum atomic E-state index is -0.383. The van der Waals surface area contributed by atoms with Crippen molar-refractivity contribution in [1.29, 1.82) is 0 Å². The van der Waals surface area contributed by atoms with E-state index in [9.17, 15) is 14.4 Å². The number of fused-ring (bicyclic) bond motifs is 1. The van der Waals surface area contributed by atoms with Crippen LogP contribution in [0, 0.1) is 0 Å². The Balaban J connectivity index is 1.59. The van der Waals surface area contributed by atoms with Gasteiger partial charge in [-0.1, -0.05) is 29.8 Å². The fourth-order valence-corrected chi connectivity index (χ4v) is 4.19. The maximum atomic E-state index is 13.1. The van der Waals surface area contributed by atoms with Crippen LogP contribution in [0.3, 0.4) is 0 Å². The largest absolute Gasteiger partial charge is 0.326 e. The van der Waals surface area contributed by atoms with Gasteiger partial charge in [0.25, 0.3) is 5.56 Å². The van der Waals surface area contributed by atoms with Gasteiger partial charge in [-0.2, -0.15) is 0 Å². The molecule has 0 aliphatic heterocycles. The Morgan fingerprint density at radius 3 is 2.52 bits per heavy atom. The zero-order chi connectivity index (χ0) is 22.0. The molecule has 2 amide bonds. The second-order valence-electron chi connectivity index (χ2n) is 6.82. The molecule has 0 spiro atoms. The van der Waals surface area contributed by atoms with Crippen LogP contribution in [0.25, 0.3) is 21.3 Å². The Hall–Kier alpha value is -3.49. The lowest BCUT2D eigenvalue weighted by atomic mass is 10.1. The number of hydrogen-bond acceptors (Lipinski definition) is 5. The van der Waals surface area contributed by atoms with E-state index in [1.165, 1.54) is 29.2 Å². The Labute approximate surface area is 186 Å². The van der Waals surface area contributed by atoms with Gasteiger partial charge >= 0.3 is 0 Å². The number of anilines is 2. The molecule has 4 rings (SSSR count). The second-order valence-corrected chi connectivity index (χ2v) is 8.12. The van der Waals surface area contributed by atoms with Gasteiger partial charge in [0.2, 0.25) is 11.8 Å². The molecule has 0 unspecified atom stereocenters. The highest BCUT2D eigenvalue weighted by molar-refractivity contribution is 7.17. The Morgan fingerprint density at radius 2 is 1.81 bits per heavy atom. The standard InChI is InChI=1S/C22H17ClN4O3S/c1-13(28)25-16-3-2-4-17(9-16)26-19(29)10-27-12-24-21-20(22(27)30)18(11-31-21)14-5-7-15(23)8-6-14/h2-9,11-12H,10H2,1H3,(H,25,28)(H,26,29). The number of halogens is 1. The van der Waals surface area contributed by atoms with Crippen molar-refractivity contribution in [3.8, 4) is 11.1 Å². The zero-order valence-electron chi connectivity index (χ0n) is 16.4. The van der Waals surface area contributed by atoms with Gasteiger partial charge in [0, 0.05) is 34.3 Å². The third-order valence-corrected chi connectivity index (χ3v) is 5.63. The van der Waals surface area contributed by atoms with Crippen LogP contribution >= 0.6 is 22.9 Å². The molecule has 9 heteroatoms. The molecular formula is C22H17ClN4O3S. The van der Waals surface area contributed by atoms with Crippen molar-refractivity contribution >= 4 is 56.3 Å². The molecule has 31 heavy (non-hydrogen) atoms. The third-order valence-electron chi connectivity index (χ3n) is 4.50. The molecule has 2 aromatic carbocycles. The van der Waals surface area contributed by atoms with Crippen molar-refractivity contribution < 1.29 is 9.59 Å². The highest BCUT2D eigenvalue weighted by Gasteiger charge is 2.15. The smallest absolute Gasteiger partial charge is 0.263 e. The van der Waals surface area contributed by atoms with E-state index in [4.69, 9.17) is 11.6 Å². The van der Waals surface area contributed by atoms with Crippen LogP contribution in [0.1, 0.15) is 6.92 Å². The van der Waals surface area contributed by atoms with E-state index in [1.54, 1.807) is 36.4 Å². The lowest BCUT2D eigenvalue weighted by molar-refractivity contribution is -0.117. The Kier molecular flexibility index (Phi) is 5.83. The molecule has 0 saturated carbocycles. The van der Waals surface area contributed by atoms with E-state index in [-0.39, 0.29) is 23.9 Å². The van der Waals surface area contributed by atoms with Crippen LogP contribution in [0.5, 0.6) is 0 Å². The molecule has 0 aliphatic carbocycles. The Bertz CT molecular complexity index is 1350. The summed E-state index contributed by atoms with van der Waals surface area (Å²) in [6.07, 6.45) is 1.38. The molecular weight excluding hydrogens is 436 g/mol. The normalized spacial score (nSPS) is 10.8. The van der Waals surface area contributed by atoms with Crippen LogP contribution in [-0.2, 0) is 16.1 Å². The summed E-state index contributed by atoms with van der Waals surface area (Å²) in [4.78, 5) is 41.8. The topological polar surface area (TPSA) is 93.1 Å². The van der Waals surface area contributed by atoms with Gasteiger partial charge in [-0.25, -0.2) is 4.98 Å². The van der Waals surface area contributed by atoms with E-state index in [0.29, 0.717) is 26.6 Å². The van der Waals surface area contributed by atoms with E-state index < -0.39 is 0 Å². The first-order valence-corrected chi connectivity index (χ1v) is 10.6. The van der Waals surface area contributed by atoms with Gasteiger partial charge in [-0.05, 0) is 35.9 Å². The van der Waals surface area contributed by atoms with Crippen molar-refractivity contribution in [3.05, 3.63) is 75.6 Å². The second kappa shape index (κ2) is 8.71. The fraction of sp³-hybridized carbons (Fsp3) is 0.0909. The molecule has 0 aliphatic rings. The molecule has 0 bridgehead atoms. The predicted molar refractivity (Wildman–Crippen MR) is 124 cm³/mol. The highest BCUT2D eigenvalue weighted by Crippen LogP contribution is 2.31. The molecule has 2 aromatic heterocycles. The molecule has 0 saturated heterocycles. The van der Waals surface area contributed by atoms with Crippen LogP contribution < -0.4 is 16.2 Å². The monoisotopic (exact) mass is 452 g/mol. The number of thiophene rings is 1. The van der Waals surface area contributed by atoms with Crippen molar-refractivity contribution in [2.24, 2.45) is 0 Å². The van der Waals surface area contributed by atoms with Gasteiger partial charge < -0.3 is 10.6 Å². The van der Waals surface area contributed by atoms with Crippen LogP contribution in [0.15, 0.2) is 65.0 Å². The maximum absolute atomic E-state index is 13.1.